The van der Waals surface area contributed by atoms with Gasteiger partial charge in [0.15, 0.2) is 6.61 Å². The zero-order valence-electron chi connectivity index (χ0n) is 16.8. The zero-order valence-corrected chi connectivity index (χ0v) is 16.8. The third kappa shape index (κ3) is 4.87. The molecule has 1 N–H and O–H groups in total. The molecule has 29 heavy (non-hydrogen) atoms. The van der Waals surface area contributed by atoms with E-state index in [1.54, 1.807) is 0 Å². The van der Waals surface area contributed by atoms with Gasteiger partial charge in [0.1, 0.15) is 5.75 Å². The molecular formula is C24H27N3O2. The van der Waals surface area contributed by atoms with E-state index in [-0.39, 0.29) is 12.5 Å². The average molecular weight is 389 g/mol. The summed E-state index contributed by atoms with van der Waals surface area (Å²) < 4.78 is 5.75. The van der Waals surface area contributed by atoms with Crippen LogP contribution < -0.4 is 15.0 Å². The molecule has 1 amide bonds. The van der Waals surface area contributed by atoms with Gasteiger partial charge in [-0.2, -0.15) is 0 Å². The Labute approximate surface area is 171 Å². The molecule has 0 unspecified atom stereocenters. The fraction of sp³-hybridized carbons (Fsp3) is 0.292. The fourth-order valence-electron chi connectivity index (χ4n) is 3.61. The van der Waals surface area contributed by atoms with Crippen LogP contribution in [0.15, 0.2) is 66.7 Å². The summed E-state index contributed by atoms with van der Waals surface area (Å²) in [5.74, 6) is 0.607. The summed E-state index contributed by atoms with van der Waals surface area (Å²) in [5.41, 5.74) is 2.33. The van der Waals surface area contributed by atoms with Crippen LogP contribution in [0, 0.1) is 0 Å². The van der Waals surface area contributed by atoms with Crippen LogP contribution in [0.5, 0.6) is 5.75 Å². The highest BCUT2D eigenvalue weighted by Crippen LogP contribution is 2.25. The van der Waals surface area contributed by atoms with Gasteiger partial charge in [0.25, 0.3) is 5.91 Å². The minimum absolute atomic E-state index is 0.00733. The lowest BCUT2D eigenvalue weighted by Crippen LogP contribution is -2.44. The molecule has 0 aliphatic carbocycles. The number of ether oxygens (including phenoxy) is 1. The van der Waals surface area contributed by atoms with E-state index >= 15 is 0 Å². The molecule has 1 heterocycles. The molecule has 0 saturated carbocycles. The number of hydrogen-bond donors (Lipinski definition) is 1. The summed E-state index contributed by atoms with van der Waals surface area (Å²) in [6.07, 6.45) is 0. The van der Waals surface area contributed by atoms with Crippen LogP contribution in [0.25, 0.3) is 10.8 Å². The molecule has 5 nitrogen and oxygen atoms in total. The van der Waals surface area contributed by atoms with Gasteiger partial charge in [0, 0.05) is 43.8 Å². The maximum absolute atomic E-state index is 12.2. The molecule has 3 aromatic rings. The second-order valence-electron chi connectivity index (χ2n) is 7.50. The van der Waals surface area contributed by atoms with Crippen molar-refractivity contribution in [1.29, 1.82) is 0 Å². The van der Waals surface area contributed by atoms with Crippen LogP contribution in [-0.4, -0.2) is 50.6 Å². The van der Waals surface area contributed by atoms with Crippen LogP contribution in [-0.2, 0) is 11.3 Å². The first-order valence-electron chi connectivity index (χ1n) is 10.1. The Kier molecular flexibility index (Phi) is 5.96. The maximum Gasteiger partial charge on any atom is 0.258 e. The molecule has 5 heteroatoms. The highest BCUT2D eigenvalue weighted by atomic mass is 16.5. The van der Waals surface area contributed by atoms with Crippen molar-refractivity contribution >= 4 is 22.4 Å². The molecule has 0 spiro atoms. The van der Waals surface area contributed by atoms with Crippen LogP contribution in [0.2, 0.25) is 0 Å². The monoisotopic (exact) mass is 389 g/mol. The predicted octanol–water partition coefficient (Wildman–Crippen LogP) is 3.29. The number of benzene rings is 3. The van der Waals surface area contributed by atoms with Crippen molar-refractivity contribution < 1.29 is 9.53 Å². The van der Waals surface area contributed by atoms with E-state index in [0.29, 0.717) is 6.54 Å². The number of carbonyl (C=O) groups excluding carboxylic acids is 1. The van der Waals surface area contributed by atoms with Crippen molar-refractivity contribution in [2.75, 3.05) is 44.7 Å². The van der Waals surface area contributed by atoms with Gasteiger partial charge in [-0.05, 0) is 36.2 Å². The van der Waals surface area contributed by atoms with Crippen molar-refractivity contribution in [1.82, 2.24) is 10.2 Å². The van der Waals surface area contributed by atoms with E-state index in [0.717, 1.165) is 48.3 Å². The lowest BCUT2D eigenvalue weighted by molar-refractivity contribution is -0.123. The molecule has 0 bridgehead atoms. The van der Waals surface area contributed by atoms with E-state index in [9.17, 15) is 4.79 Å². The second kappa shape index (κ2) is 8.97. The SMILES string of the molecule is CN1CCN(c2ccc(CNC(=O)COc3cccc4ccccc34)cc2)CC1. The standard InChI is InChI=1S/C24H27N3O2/c1-26-13-15-27(16-14-26)21-11-9-19(10-12-21)17-25-24(28)18-29-23-8-4-6-20-5-2-3-7-22(20)23/h2-12H,13-18H2,1H3,(H,25,28). The molecule has 1 saturated heterocycles. The summed E-state index contributed by atoms with van der Waals surface area (Å²) in [6.45, 7) is 4.80. The Morgan fingerprint density at radius 3 is 2.45 bits per heavy atom. The first kappa shape index (κ1) is 19.3. The predicted molar refractivity (Wildman–Crippen MR) is 117 cm³/mol. The Morgan fingerprint density at radius 1 is 0.931 bits per heavy atom. The summed E-state index contributed by atoms with van der Waals surface area (Å²) in [5, 5.41) is 5.06. The first-order chi connectivity index (χ1) is 14.2. The summed E-state index contributed by atoms with van der Waals surface area (Å²) in [6, 6.07) is 22.3. The Hall–Kier alpha value is -3.05. The van der Waals surface area contributed by atoms with Gasteiger partial charge >= 0.3 is 0 Å². The van der Waals surface area contributed by atoms with E-state index < -0.39 is 0 Å². The van der Waals surface area contributed by atoms with Gasteiger partial charge in [0.2, 0.25) is 0 Å². The number of anilines is 1. The largest absolute Gasteiger partial charge is 0.483 e. The summed E-state index contributed by atoms with van der Waals surface area (Å²) in [7, 11) is 2.16. The number of nitrogens with zero attached hydrogens (tertiary/aromatic N) is 2. The van der Waals surface area contributed by atoms with Crippen molar-refractivity contribution in [2.45, 2.75) is 6.54 Å². The Bertz CT molecular complexity index is 958. The highest BCUT2D eigenvalue weighted by Gasteiger charge is 2.14. The highest BCUT2D eigenvalue weighted by molar-refractivity contribution is 5.88. The van der Waals surface area contributed by atoms with Crippen LogP contribution in [0.3, 0.4) is 0 Å². The minimum atomic E-state index is -0.124. The lowest BCUT2D eigenvalue weighted by Gasteiger charge is -2.34. The second-order valence-corrected chi connectivity index (χ2v) is 7.50. The van der Waals surface area contributed by atoms with Crippen LogP contribution >= 0.6 is 0 Å². The smallest absolute Gasteiger partial charge is 0.258 e. The van der Waals surface area contributed by atoms with Crippen molar-refractivity contribution in [2.24, 2.45) is 0 Å². The lowest BCUT2D eigenvalue weighted by atomic mass is 10.1. The molecule has 0 aromatic heterocycles. The molecule has 1 aliphatic heterocycles. The van der Waals surface area contributed by atoms with Gasteiger partial charge in [0.05, 0.1) is 0 Å². The molecule has 3 aromatic carbocycles. The molecule has 1 fully saturated rings. The number of amides is 1. The van der Waals surface area contributed by atoms with E-state index in [1.807, 2.05) is 42.5 Å². The Morgan fingerprint density at radius 2 is 1.66 bits per heavy atom. The number of likely N-dealkylation sites (N-methyl/N-ethyl adjacent to an activating group) is 1. The van der Waals surface area contributed by atoms with Crippen molar-refractivity contribution in [3.8, 4) is 5.75 Å². The topological polar surface area (TPSA) is 44.8 Å². The first-order valence-corrected chi connectivity index (χ1v) is 10.1. The fourth-order valence-corrected chi connectivity index (χ4v) is 3.61. The molecule has 1 aliphatic rings. The maximum atomic E-state index is 12.2. The number of hydrogen-bond acceptors (Lipinski definition) is 4. The molecule has 150 valence electrons. The quantitative estimate of drug-likeness (QED) is 0.703. The molecule has 0 radical (unpaired) electrons. The van der Waals surface area contributed by atoms with Crippen molar-refractivity contribution in [3.05, 3.63) is 72.3 Å². The van der Waals surface area contributed by atoms with Gasteiger partial charge in [-0.15, -0.1) is 0 Å². The van der Waals surface area contributed by atoms with E-state index in [4.69, 9.17) is 4.74 Å². The zero-order chi connectivity index (χ0) is 20.1. The average Bonchev–Trinajstić information content (AvgIpc) is 2.77. The molecule has 0 atom stereocenters. The van der Waals surface area contributed by atoms with Crippen molar-refractivity contribution in [3.63, 3.8) is 0 Å². The van der Waals surface area contributed by atoms with Gasteiger partial charge in [-0.3, -0.25) is 4.79 Å². The third-order valence-electron chi connectivity index (χ3n) is 5.40. The number of rotatable bonds is 6. The Balaban J connectivity index is 1.27. The van der Waals surface area contributed by atoms with E-state index in [2.05, 4.69) is 46.4 Å². The summed E-state index contributed by atoms with van der Waals surface area (Å²) in [4.78, 5) is 17.0. The van der Waals surface area contributed by atoms with Gasteiger partial charge in [-0.1, -0.05) is 48.5 Å². The normalized spacial score (nSPS) is 14.7. The number of nitrogens with one attached hydrogen (secondary N) is 1. The molecular weight excluding hydrogens is 362 g/mol. The van der Waals surface area contributed by atoms with Gasteiger partial charge in [-0.25, -0.2) is 0 Å². The number of fused-ring (bicyclic) bond motifs is 1. The summed E-state index contributed by atoms with van der Waals surface area (Å²) >= 11 is 0. The third-order valence-corrected chi connectivity index (χ3v) is 5.40. The van der Waals surface area contributed by atoms with E-state index in [1.165, 1.54) is 5.69 Å². The number of carbonyl (C=O) groups is 1. The molecule has 4 rings (SSSR count). The van der Waals surface area contributed by atoms with Crippen LogP contribution in [0.4, 0.5) is 5.69 Å². The minimum Gasteiger partial charge on any atom is -0.483 e. The number of piperazine rings is 1. The van der Waals surface area contributed by atoms with Crippen LogP contribution in [0.1, 0.15) is 5.56 Å². The van der Waals surface area contributed by atoms with Gasteiger partial charge < -0.3 is 19.9 Å².